The van der Waals surface area contributed by atoms with Gasteiger partial charge in [0.05, 0.1) is 7.11 Å². The van der Waals surface area contributed by atoms with Crippen molar-refractivity contribution in [3.63, 3.8) is 0 Å². The number of aromatic nitrogens is 1. The highest BCUT2D eigenvalue weighted by atomic mass is 127. The molecule has 1 saturated heterocycles. The van der Waals surface area contributed by atoms with Crippen molar-refractivity contribution < 1.29 is 4.74 Å². The molecule has 0 aliphatic carbocycles. The zero-order chi connectivity index (χ0) is 15.2. The van der Waals surface area contributed by atoms with Gasteiger partial charge in [0.1, 0.15) is 0 Å². The van der Waals surface area contributed by atoms with E-state index in [2.05, 4.69) is 34.0 Å². The Morgan fingerprint density at radius 3 is 2.68 bits per heavy atom. The number of guanidine groups is 1. The number of nitrogens with one attached hydrogen (secondary N) is 1. The topological polar surface area (TPSA) is 49.8 Å². The van der Waals surface area contributed by atoms with E-state index in [-0.39, 0.29) is 24.0 Å². The minimum absolute atomic E-state index is 0. The molecule has 0 radical (unpaired) electrons. The number of nitrogens with zero attached hydrogens (tertiary/aromatic N) is 3. The fraction of sp³-hybridized carbons (Fsp3) is 0.625. The van der Waals surface area contributed by atoms with Crippen LogP contribution in [0.5, 0.6) is 5.88 Å². The van der Waals surface area contributed by atoms with Gasteiger partial charge in [-0.15, -0.1) is 24.0 Å². The Balaban J connectivity index is 0.00000242. The molecule has 0 spiro atoms. The first-order chi connectivity index (χ1) is 10.1. The van der Waals surface area contributed by atoms with E-state index in [1.165, 1.54) is 6.42 Å². The van der Waals surface area contributed by atoms with Crippen molar-refractivity contribution in [2.75, 3.05) is 27.2 Å². The van der Waals surface area contributed by atoms with Crippen molar-refractivity contribution >= 4 is 29.9 Å². The van der Waals surface area contributed by atoms with Gasteiger partial charge in [0.25, 0.3) is 0 Å². The minimum atomic E-state index is 0. The van der Waals surface area contributed by atoms with Crippen LogP contribution in [0.25, 0.3) is 0 Å². The summed E-state index contributed by atoms with van der Waals surface area (Å²) in [5.41, 5.74) is 1.04. The van der Waals surface area contributed by atoms with Crippen LogP contribution < -0.4 is 10.1 Å². The second kappa shape index (κ2) is 9.17. The molecular formula is C16H27IN4O. The van der Waals surface area contributed by atoms with E-state index in [9.17, 15) is 0 Å². The van der Waals surface area contributed by atoms with Gasteiger partial charge in [-0.05, 0) is 24.3 Å². The number of pyridine rings is 1. The van der Waals surface area contributed by atoms with E-state index in [0.717, 1.165) is 24.6 Å². The van der Waals surface area contributed by atoms with Crippen LogP contribution in [0.2, 0.25) is 0 Å². The molecule has 1 aromatic rings. The van der Waals surface area contributed by atoms with E-state index >= 15 is 0 Å². The van der Waals surface area contributed by atoms with Crippen LogP contribution in [0.3, 0.4) is 0 Å². The van der Waals surface area contributed by atoms with Gasteiger partial charge in [-0.25, -0.2) is 4.98 Å². The first kappa shape index (κ1) is 19.0. The maximum absolute atomic E-state index is 5.29. The summed E-state index contributed by atoms with van der Waals surface area (Å²) in [4.78, 5) is 11.0. The average molecular weight is 418 g/mol. The van der Waals surface area contributed by atoms with Crippen molar-refractivity contribution in [3.05, 3.63) is 23.9 Å². The molecule has 1 aliphatic heterocycles. The lowest BCUT2D eigenvalue weighted by Crippen LogP contribution is -2.48. The Morgan fingerprint density at radius 1 is 1.41 bits per heavy atom. The summed E-state index contributed by atoms with van der Waals surface area (Å²) < 4.78 is 5.29. The highest BCUT2D eigenvalue weighted by Gasteiger charge is 2.24. The normalized spacial score (nSPS) is 22.0. The molecule has 5 nitrogen and oxygen atoms in total. The third-order valence-electron chi connectivity index (χ3n) is 3.86. The largest absolute Gasteiger partial charge is 0.481 e. The Labute approximate surface area is 150 Å². The molecule has 0 bridgehead atoms. The Bertz CT molecular complexity index is 485. The van der Waals surface area contributed by atoms with Crippen molar-refractivity contribution in [1.82, 2.24) is 15.2 Å². The van der Waals surface area contributed by atoms with E-state index in [0.29, 0.717) is 24.3 Å². The van der Waals surface area contributed by atoms with E-state index in [1.54, 1.807) is 13.3 Å². The van der Waals surface area contributed by atoms with E-state index in [4.69, 9.17) is 4.74 Å². The predicted molar refractivity (Wildman–Crippen MR) is 101 cm³/mol. The van der Waals surface area contributed by atoms with Gasteiger partial charge in [0, 0.05) is 38.4 Å². The summed E-state index contributed by atoms with van der Waals surface area (Å²) in [5.74, 6) is 3.04. The molecule has 2 rings (SSSR count). The van der Waals surface area contributed by atoms with Crippen molar-refractivity contribution in [2.45, 2.75) is 26.8 Å². The Hall–Kier alpha value is -1.05. The summed E-state index contributed by atoms with van der Waals surface area (Å²) in [6, 6.07) is 3.95. The minimum Gasteiger partial charge on any atom is -0.481 e. The molecule has 0 aromatic carbocycles. The van der Waals surface area contributed by atoms with Gasteiger partial charge < -0.3 is 15.0 Å². The lowest BCUT2D eigenvalue weighted by Gasteiger charge is -2.37. The number of ether oxygens (including phenoxy) is 1. The van der Waals surface area contributed by atoms with E-state index < -0.39 is 0 Å². The van der Waals surface area contributed by atoms with Crippen LogP contribution in [-0.2, 0) is 6.54 Å². The zero-order valence-electron chi connectivity index (χ0n) is 13.9. The number of piperidine rings is 1. The van der Waals surface area contributed by atoms with Crippen LogP contribution in [0.15, 0.2) is 23.3 Å². The first-order valence-electron chi connectivity index (χ1n) is 7.57. The average Bonchev–Trinajstić information content (AvgIpc) is 2.47. The molecule has 2 heterocycles. The number of methoxy groups -OCH3 is 1. The van der Waals surface area contributed by atoms with Crippen LogP contribution in [0, 0.1) is 11.8 Å². The Morgan fingerprint density at radius 2 is 2.09 bits per heavy atom. The number of halogens is 1. The van der Waals surface area contributed by atoms with Gasteiger partial charge in [-0.1, -0.05) is 19.9 Å². The molecule has 2 unspecified atom stereocenters. The second-order valence-electron chi connectivity index (χ2n) is 5.92. The smallest absolute Gasteiger partial charge is 0.218 e. The number of aliphatic imine (C=N–C) groups is 1. The summed E-state index contributed by atoms with van der Waals surface area (Å²) in [6.45, 7) is 7.41. The quantitative estimate of drug-likeness (QED) is 0.466. The van der Waals surface area contributed by atoms with Gasteiger partial charge in [0.2, 0.25) is 5.88 Å². The molecule has 22 heavy (non-hydrogen) atoms. The third kappa shape index (κ3) is 5.00. The van der Waals surface area contributed by atoms with Crippen LogP contribution in [-0.4, -0.2) is 43.1 Å². The SMILES string of the molecule is CN=C(NCc1cccnc1OC)N1CC(C)CC(C)C1.I. The monoisotopic (exact) mass is 418 g/mol. The van der Waals surface area contributed by atoms with Crippen molar-refractivity contribution in [1.29, 1.82) is 0 Å². The highest BCUT2D eigenvalue weighted by Crippen LogP contribution is 2.21. The van der Waals surface area contributed by atoms with Gasteiger partial charge in [-0.3, -0.25) is 4.99 Å². The van der Waals surface area contributed by atoms with Crippen LogP contribution in [0.4, 0.5) is 0 Å². The number of hydrogen-bond donors (Lipinski definition) is 1. The van der Waals surface area contributed by atoms with Crippen molar-refractivity contribution in [3.8, 4) is 5.88 Å². The molecule has 6 heteroatoms. The summed E-state index contributed by atoms with van der Waals surface area (Å²) in [6.07, 6.45) is 3.04. The highest BCUT2D eigenvalue weighted by molar-refractivity contribution is 14.0. The number of likely N-dealkylation sites (tertiary alicyclic amines) is 1. The lowest BCUT2D eigenvalue weighted by molar-refractivity contribution is 0.208. The molecular weight excluding hydrogens is 391 g/mol. The van der Waals surface area contributed by atoms with E-state index in [1.807, 2.05) is 19.2 Å². The van der Waals surface area contributed by atoms with Crippen LogP contribution >= 0.6 is 24.0 Å². The molecule has 2 atom stereocenters. The fourth-order valence-corrected chi connectivity index (χ4v) is 3.08. The summed E-state index contributed by atoms with van der Waals surface area (Å²) in [7, 11) is 3.49. The lowest BCUT2D eigenvalue weighted by atomic mass is 9.92. The zero-order valence-corrected chi connectivity index (χ0v) is 16.2. The molecule has 0 saturated carbocycles. The standard InChI is InChI=1S/C16H26N4O.HI/c1-12-8-13(2)11-20(10-12)16(17-3)19-9-14-6-5-7-18-15(14)21-4;/h5-7,12-13H,8-11H2,1-4H3,(H,17,19);1H. The number of rotatable bonds is 3. The molecule has 1 N–H and O–H groups in total. The predicted octanol–water partition coefficient (Wildman–Crippen LogP) is 2.76. The third-order valence-corrected chi connectivity index (χ3v) is 3.86. The molecule has 1 aliphatic rings. The van der Waals surface area contributed by atoms with Crippen molar-refractivity contribution in [2.24, 2.45) is 16.8 Å². The molecule has 0 amide bonds. The Kier molecular flexibility index (Phi) is 7.92. The van der Waals surface area contributed by atoms with Crippen LogP contribution in [0.1, 0.15) is 25.8 Å². The number of hydrogen-bond acceptors (Lipinski definition) is 3. The second-order valence-corrected chi connectivity index (χ2v) is 5.92. The first-order valence-corrected chi connectivity index (χ1v) is 7.57. The molecule has 1 aromatic heterocycles. The maximum atomic E-state index is 5.29. The fourth-order valence-electron chi connectivity index (χ4n) is 3.08. The maximum Gasteiger partial charge on any atom is 0.218 e. The molecule has 1 fully saturated rings. The summed E-state index contributed by atoms with van der Waals surface area (Å²) >= 11 is 0. The van der Waals surface area contributed by atoms with Gasteiger partial charge >= 0.3 is 0 Å². The molecule has 124 valence electrons. The summed E-state index contributed by atoms with van der Waals surface area (Å²) in [5, 5.41) is 3.43. The van der Waals surface area contributed by atoms with Gasteiger partial charge in [0.15, 0.2) is 5.96 Å². The van der Waals surface area contributed by atoms with Gasteiger partial charge in [-0.2, -0.15) is 0 Å².